The molecule has 0 bridgehead atoms. The van der Waals surface area contributed by atoms with Crippen LogP contribution in [0.3, 0.4) is 0 Å². The van der Waals surface area contributed by atoms with Gasteiger partial charge in [-0.25, -0.2) is 4.79 Å². The average molecular weight is 460 g/mol. The molecule has 0 amide bonds. The fraction of sp³-hybridized carbons (Fsp3) is 0.500. The van der Waals surface area contributed by atoms with Gasteiger partial charge in [0.05, 0.1) is 58.4 Å². The number of unbranched alkanes of at least 4 members (excludes halogenated alkanes) is 1. The molecule has 0 spiro atoms. The minimum atomic E-state index is -0.347. The summed E-state index contributed by atoms with van der Waals surface area (Å²) in [6, 6.07) is 17.4. The molecule has 0 aliphatic carbocycles. The summed E-state index contributed by atoms with van der Waals surface area (Å²) in [5.41, 5.74) is 2.69. The summed E-state index contributed by atoms with van der Waals surface area (Å²) in [5.74, 6) is -0.347. The van der Waals surface area contributed by atoms with Gasteiger partial charge in [-0.05, 0) is 36.2 Å². The fourth-order valence-corrected chi connectivity index (χ4v) is 2.83. The lowest BCUT2D eigenvalue weighted by Gasteiger charge is -2.09. The van der Waals surface area contributed by atoms with E-state index in [-0.39, 0.29) is 12.6 Å². The van der Waals surface area contributed by atoms with Crippen LogP contribution in [0.2, 0.25) is 0 Å². The Kier molecular flexibility index (Phi) is 14.6. The number of carbonyl (C=O) groups is 1. The summed E-state index contributed by atoms with van der Waals surface area (Å²) in [6.45, 7) is 7.23. The van der Waals surface area contributed by atoms with E-state index in [1.165, 1.54) is 0 Å². The molecule has 33 heavy (non-hydrogen) atoms. The number of anilines is 1. The van der Waals surface area contributed by atoms with Crippen LogP contribution >= 0.6 is 0 Å². The van der Waals surface area contributed by atoms with Gasteiger partial charge in [0.1, 0.15) is 6.61 Å². The van der Waals surface area contributed by atoms with Crippen LogP contribution in [0.15, 0.2) is 54.6 Å². The quantitative estimate of drug-likeness (QED) is 0.248. The minimum absolute atomic E-state index is 0.210. The lowest BCUT2D eigenvalue weighted by molar-refractivity contribution is -0.0105. The highest BCUT2D eigenvalue weighted by atomic mass is 16.6. The Balaban J connectivity index is 1.35. The third-order valence-electron chi connectivity index (χ3n) is 4.67. The second kappa shape index (κ2) is 18.0. The van der Waals surface area contributed by atoms with Crippen molar-refractivity contribution in [1.29, 1.82) is 0 Å². The molecule has 2 aromatic carbocycles. The number of carbonyl (C=O) groups excluding carboxylic acids is 1. The SMILES string of the molecule is CCCCNc1ccc(C(=O)OCCOCCOCCOCCOCc2ccccc2)cc1. The maximum absolute atomic E-state index is 12.0. The van der Waals surface area contributed by atoms with Crippen molar-refractivity contribution in [3.63, 3.8) is 0 Å². The maximum atomic E-state index is 12.0. The molecule has 7 heteroatoms. The summed E-state index contributed by atoms with van der Waals surface area (Å²) in [5, 5.41) is 3.32. The van der Waals surface area contributed by atoms with Crippen molar-refractivity contribution in [1.82, 2.24) is 0 Å². The summed E-state index contributed by atoms with van der Waals surface area (Å²) >= 11 is 0. The zero-order valence-electron chi connectivity index (χ0n) is 19.6. The predicted octanol–water partition coefficient (Wildman–Crippen LogP) is 4.32. The summed E-state index contributed by atoms with van der Waals surface area (Å²) in [7, 11) is 0. The Labute approximate surface area is 197 Å². The van der Waals surface area contributed by atoms with E-state index in [1.54, 1.807) is 12.1 Å². The van der Waals surface area contributed by atoms with Crippen molar-refractivity contribution >= 4 is 11.7 Å². The maximum Gasteiger partial charge on any atom is 0.338 e. The first-order valence-corrected chi connectivity index (χ1v) is 11.7. The van der Waals surface area contributed by atoms with E-state index < -0.39 is 0 Å². The van der Waals surface area contributed by atoms with Crippen molar-refractivity contribution in [2.24, 2.45) is 0 Å². The number of rotatable bonds is 19. The van der Waals surface area contributed by atoms with Gasteiger partial charge in [0.25, 0.3) is 0 Å². The summed E-state index contributed by atoms with van der Waals surface area (Å²) in [6.07, 6.45) is 2.26. The predicted molar refractivity (Wildman–Crippen MR) is 129 cm³/mol. The second-order valence-electron chi connectivity index (χ2n) is 7.37. The number of benzene rings is 2. The van der Waals surface area contributed by atoms with Gasteiger partial charge in [0.2, 0.25) is 0 Å². The molecule has 2 aromatic rings. The van der Waals surface area contributed by atoms with Gasteiger partial charge in [0.15, 0.2) is 0 Å². The highest BCUT2D eigenvalue weighted by Gasteiger charge is 2.06. The van der Waals surface area contributed by atoms with Crippen LogP contribution < -0.4 is 5.32 Å². The largest absolute Gasteiger partial charge is 0.460 e. The number of nitrogens with one attached hydrogen (secondary N) is 1. The van der Waals surface area contributed by atoms with E-state index in [2.05, 4.69) is 12.2 Å². The molecule has 0 saturated heterocycles. The van der Waals surface area contributed by atoms with Crippen LogP contribution in [0.1, 0.15) is 35.7 Å². The lowest BCUT2D eigenvalue weighted by Crippen LogP contribution is -2.14. The number of esters is 1. The van der Waals surface area contributed by atoms with Crippen LogP contribution in [0.4, 0.5) is 5.69 Å². The Bertz CT molecular complexity index is 738. The Morgan fingerprint density at radius 3 is 1.91 bits per heavy atom. The number of hydrogen-bond donors (Lipinski definition) is 1. The van der Waals surface area contributed by atoms with Crippen LogP contribution in [-0.4, -0.2) is 65.4 Å². The third-order valence-corrected chi connectivity index (χ3v) is 4.67. The molecule has 0 fully saturated rings. The Morgan fingerprint density at radius 1 is 0.727 bits per heavy atom. The van der Waals surface area contributed by atoms with E-state index in [4.69, 9.17) is 23.7 Å². The highest BCUT2D eigenvalue weighted by Crippen LogP contribution is 2.10. The van der Waals surface area contributed by atoms with E-state index in [1.807, 2.05) is 42.5 Å². The molecule has 0 heterocycles. The second-order valence-corrected chi connectivity index (χ2v) is 7.37. The van der Waals surface area contributed by atoms with Gasteiger partial charge in [-0.2, -0.15) is 0 Å². The first-order valence-electron chi connectivity index (χ1n) is 11.7. The Morgan fingerprint density at radius 2 is 1.30 bits per heavy atom. The fourth-order valence-electron chi connectivity index (χ4n) is 2.83. The van der Waals surface area contributed by atoms with Crippen LogP contribution in [0.5, 0.6) is 0 Å². The third kappa shape index (κ3) is 13.0. The van der Waals surface area contributed by atoms with Crippen molar-refractivity contribution in [2.45, 2.75) is 26.4 Å². The zero-order chi connectivity index (χ0) is 23.4. The summed E-state index contributed by atoms with van der Waals surface area (Å²) in [4.78, 5) is 12.0. The van der Waals surface area contributed by atoms with Crippen molar-refractivity contribution < 1.29 is 28.5 Å². The smallest absolute Gasteiger partial charge is 0.338 e. The standard InChI is InChI=1S/C26H37NO6/c1-2-3-13-27-25-11-9-24(10-12-25)26(28)33-21-20-31-17-16-29-14-15-30-18-19-32-22-23-7-5-4-6-8-23/h4-12,27H,2-3,13-22H2,1H3. The molecule has 0 aromatic heterocycles. The minimum Gasteiger partial charge on any atom is -0.460 e. The van der Waals surface area contributed by atoms with Crippen LogP contribution in [0, 0.1) is 0 Å². The molecule has 7 nitrogen and oxygen atoms in total. The zero-order valence-corrected chi connectivity index (χ0v) is 19.6. The van der Waals surface area contributed by atoms with Gasteiger partial charge < -0.3 is 29.0 Å². The van der Waals surface area contributed by atoms with Crippen molar-refractivity contribution in [3.8, 4) is 0 Å². The molecule has 0 aliphatic rings. The van der Waals surface area contributed by atoms with Gasteiger partial charge in [-0.3, -0.25) is 0 Å². The van der Waals surface area contributed by atoms with Crippen molar-refractivity contribution in [3.05, 3.63) is 65.7 Å². The molecule has 182 valence electrons. The highest BCUT2D eigenvalue weighted by molar-refractivity contribution is 5.89. The average Bonchev–Trinajstić information content (AvgIpc) is 2.85. The van der Waals surface area contributed by atoms with E-state index >= 15 is 0 Å². The molecule has 0 saturated carbocycles. The number of ether oxygens (including phenoxy) is 5. The summed E-state index contributed by atoms with van der Waals surface area (Å²) < 4.78 is 27.1. The molecular weight excluding hydrogens is 422 g/mol. The molecular formula is C26H37NO6. The first-order chi connectivity index (χ1) is 16.3. The normalized spacial score (nSPS) is 10.8. The number of hydrogen-bond acceptors (Lipinski definition) is 7. The topological polar surface area (TPSA) is 75.3 Å². The molecule has 0 unspecified atom stereocenters. The molecule has 1 N–H and O–H groups in total. The van der Waals surface area contributed by atoms with Crippen LogP contribution in [-0.2, 0) is 30.3 Å². The van der Waals surface area contributed by atoms with Gasteiger partial charge in [0, 0.05) is 12.2 Å². The lowest BCUT2D eigenvalue weighted by atomic mass is 10.2. The molecule has 0 atom stereocenters. The molecule has 0 radical (unpaired) electrons. The van der Waals surface area contributed by atoms with Crippen molar-refractivity contribution in [2.75, 3.05) is 64.7 Å². The van der Waals surface area contributed by atoms with Gasteiger partial charge in [-0.1, -0.05) is 43.7 Å². The molecule has 2 rings (SSSR count). The van der Waals surface area contributed by atoms with Gasteiger partial charge >= 0.3 is 5.97 Å². The van der Waals surface area contributed by atoms with E-state index in [0.29, 0.717) is 58.4 Å². The van der Waals surface area contributed by atoms with Crippen LogP contribution in [0.25, 0.3) is 0 Å². The Hall–Kier alpha value is -2.45. The molecule has 0 aliphatic heterocycles. The van der Waals surface area contributed by atoms with Gasteiger partial charge in [-0.15, -0.1) is 0 Å². The van der Waals surface area contributed by atoms with E-state index in [0.717, 1.165) is 30.6 Å². The monoisotopic (exact) mass is 459 g/mol. The first kappa shape index (κ1) is 26.8. The van der Waals surface area contributed by atoms with E-state index in [9.17, 15) is 4.79 Å².